The summed E-state index contributed by atoms with van der Waals surface area (Å²) in [6.45, 7) is 0. The monoisotopic (exact) mass is 956 g/mol. The number of aromatic nitrogens is 2. The average Bonchev–Trinajstić information content (AvgIpc) is 4.24. The Kier molecular flexibility index (Phi) is 9.76. The maximum atomic E-state index is 6.29. The number of hydrogen-bond donors (Lipinski definition) is 0. The van der Waals surface area contributed by atoms with Gasteiger partial charge in [0.25, 0.3) is 0 Å². The highest BCUT2D eigenvalue weighted by Gasteiger charge is 2.46. The van der Waals surface area contributed by atoms with Gasteiger partial charge >= 0.3 is 0 Å². The van der Waals surface area contributed by atoms with Crippen molar-refractivity contribution in [2.75, 3.05) is 0 Å². The summed E-state index contributed by atoms with van der Waals surface area (Å²) in [4.78, 5) is 10.7. The van der Waals surface area contributed by atoms with Crippen LogP contribution >= 0.6 is 0 Å². The second-order valence-electron chi connectivity index (χ2n) is 19.6. The molecule has 4 heteroatoms. The number of rotatable bonds is 8. The van der Waals surface area contributed by atoms with Crippen molar-refractivity contribution in [2.45, 2.75) is 5.41 Å². The van der Waals surface area contributed by atoms with Gasteiger partial charge in [0.1, 0.15) is 22.3 Å². The van der Waals surface area contributed by atoms with Crippen LogP contribution in [0.5, 0.6) is 0 Å². The van der Waals surface area contributed by atoms with E-state index in [-0.39, 0.29) is 0 Å². The van der Waals surface area contributed by atoms with Crippen LogP contribution in [0.4, 0.5) is 0 Å². The third kappa shape index (κ3) is 6.99. The van der Waals surface area contributed by atoms with Crippen molar-refractivity contribution in [1.82, 2.24) is 9.97 Å². The van der Waals surface area contributed by atoms with Crippen LogP contribution in [0.1, 0.15) is 22.3 Å². The van der Waals surface area contributed by atoms with Crippen LogP contribution in [0.15, 0.2) is 276 Å². The lowest BCUT2D eigenvalue weighted by molar-refractivity contribution is 0.668. The largest absolute Gasteiger partial charge is 0.456 e. The van der Waals surface area contributed by atoms with Crippen LogP contribution in [0.2, 0.25) is 0 Å². The Hall–Kier alpha value is -9.90. The van der Waals surface area contributed by atoms with E-state index >= 15 is 0 Å². The summed E-state index contributed by atoms with van der Waals surface area (Å²) in [7, 11) is 0. The highest BCUT2D eigenvalue weighted by molar-refractivity contribution is 6.08. The first-order chi connectivity index (χ1) is 37.1. The van der Waals surface area contributed by atoms with Gasteiger partial charge in [0.05, 0.1) is 16.8 Å². The van der Waals surface area contributed by atoms with E-state index < -0.39 is 5.41 Å². The van der Waals surface area contributed by atoms with Crippen molar-refractivity contribution in [1.29, 1.82) is 0 Å². The first-order valence-electron chi connectivity index (χ1n) is 25.5. The summed E-state index contributed by atoms with van der Waals surface area (Å²) >= 11 is 0. The lowest BCUT2D eigenvalue weighted by atomic mass is 9.67. The standard InChI is InChI=1S/C71H44N2O2/c1-4-17-45(18-5-1)70-72-64(44-65(73-70)50-31-34-57-56-25-10-13-28-62(56)71(63(57)43-50,54-21-6-2-7-22-54)55-23-8-3-9-24-55)49-20-16-19-46(37-49)51-38-52(47-32-35-68-60(41-47)58-26-11-14-29-66(58)74-68)40-53(39-51)48-33-36-69-61(42-48)59-27-12-15-30-67(59)75-69/h1-44H. The van der Waals surface area contributed by atoms with Crippen molar-refractivity contribution < 1.29 is 8.83 Å². The van der Waals surface area contributed by atoms with Crippen LogP contribution in [0.3, 0.4) is 0 Å². The summed E-state index contributed by atoms with van der Waals surface area (Å²) in [6, 6.07) is 95.5. The normalized spacial score (nSPS) is 12.6. The SMILES string of the molecule is c1ccc(-c2nc(-c3cccc(-c4cc(-c5ccc6oc7ccccc7c6c5)cc(-c5ccc6oc7ccccc7c6c5)c4)c3)cc(-c3ccc4c(c3)C(c3ccccc3)(c3ccccc3)c3ccccc3-4)n2)cc1. The van der Waals surface area contributed by atoms with Crippen LogP contribution in [-0.4, -0.2) is 9.97 Å². The number of para-hydroxylation sites is 2. The van der Waals surface area contributed by atoms with E-state index in [0.717, 1.165) is 105 Å². The summed E-state index contributed by atoms with van der Waals surface area (Å²) in [6.07, 6.45) is 0. The zero-order valence-electron chi connectivity index (χ0n) is 40.6. The molecule has 0 atom stereocenters. The summed E-state index contributed by atoms with van der Waals surface area (Å²) in [5, 5.41) is 4.39. The van der Waals surface area contributed by atoms with Gasteiger partial charge in [-0.05, 0) is 140 Å². The molecule has 0 spiro atoms. The van der Waals surface area contributed by atoms with Gasteiger partial charge in [-0.25, -0.2) is 9.97 Å². The van der Waals surface area contributed by atoms with Gasteiger partial charge in [-0.1, -0.05) is 194 Å². The molecule has 0 unspecified atom stereocenters. The average molecular weight is 957 g/mol. The fourth-order valence-corrected chi connectivity index (χ4v) is 11.9. The molecule has 15 rings (SSSR count). The summed E-state index contributed by atoms with van der Waals surface area (Å²) in [5.41, 5.74) is 21.7. The summed E-state index contributed by atoms with van der Waals surface area (Å²) in [5.74, 6) is 0.670. The van der Waals surface area contributed by atoms with Gasteiger partial charge in [0.15, 0.2) is 5.82 Å². The van der Waals surface area contributed by atoms with E-state index in [2.05, 4.69) is 237 Å². The Bertz CT molecular complexity index is 4360. The van der Waals surface area contributed by atoms with Crippen LogP contribution < -0.4 is 0 Å². The minimum absolute atomic E-state index is 0.541. The summed E-state index contributed by atoms with van der Waals surface area (Å²) < 4.78 is 12.6. The van der Waals surface area contributed by atoms with Crippen molar-refractivity contribution >= 4 is 43.9 Å². The molecule has 1 aliphatic carbocycles. The highest BCUT2D eigenvalue weighted by atomic mass is 16.3. The zero-order valence-corrected chi connectivity index (χ0v) is 40.6. The number of fused-ring (bicyclic) bond motifs is 9. The van der Waals surface area contributed by atoms with Gasteiger partial charge < -0.3 is 8.83 Å². The Labute approximate surface area is 433 Å². The van der Waals surface area contributed by atoms with Crippen LogP contribution in [0, 0.1) is 0 Å². The quantitative estimate of drug-likeness (QED) is 0.152. The Balaban J connectivity index is 0.899. The maximum absolute atomic E-state index is 6.29. The molecule has 3 aromatic heterocycles. The lowest BCUT2D eigenvalue weighted by Crippen LogP contribution is -2.28. The minimum atomic E-state index is -0.541. The van der Waals surface area contributed by atoms with Gasteiger partial charge in [0, 0.05) is 38.2 Å². The molecular formula is C71H44N2O2. The van der Waals surface area contributed by atoms with Crippen LogP contribution in [-0.2, 0) is 5.41 Å². The predicted molar refractivity (Wildman–Crippen MR) is 307 cm³/mol. The third-order valence-corrected chi connectivity index (χ3v) is 15.4. The van der Waals surface area contributed by atoms with E-state index in [4.69, 9.17) is 18.8 Å². The van der Waals surface area contributed by atoms with E-state index in [9.17, 15) is 0 Å². The Morgan fingerprint density at radius 2 is 0.680 bits per heavy atom. The fraction of sp³-hybridized carbons (Fsp3) is 0.0141. The molecule has 75 heavy (non-hydrogen) atoms. The molecule has 0 amide bonds. The lowest BCUT2D eigenvalue weighted by Gasteiger charge is -2.34. The molecular weight excluding hydrogens is 913 g/mol. The van der Waals surface area contributed by atoms with Gasteiger partial charge in [0.2, 0.25) is 0 Å². The van der Waals surface area contributed by atoms with E-state index in [0.29, 0.717) is 5.82 Å². The van der Waals surface area contributed by atoms with Crippen molar-refractivity contribution in [3.05, 3.63) is 289 Å². The third-order valence-electron chi connectivity index (χ3n) is 15.4. The van der Waals surface area contributed by atoms with Crippen molar-refractivity contribution in [2.24, 2.45) is 0 Å². The Morgan fingerprint density at radius 3 is 1.28 bits per heavy atom. The van der Waals surface area contributed by atoms with Gasteiger partial charge in [-0.3, -0.25) is 0 Å². The molecule has 3 heterocycles. The Morgan fingerprint density at radius 1 is 0.253 bits per heavy atom. The molecule has 0 bridgehead atoms. The number of nitrogens with zero attached hydrogens (tertiary/aromatic N) is 2. The molecule has 1 aliphatic rings. The molecule has 0 radical (unpaired) electrons. The molecule has 4 nitrogen and oxygen atoms in total. The molecule has 14 aromatic rings. The van der Waals surface area contributed by atoms with Gasteiger partial charge in [-0.2, -0.15) is 0 Å². The zero-order chi connectivity index (χ0) is 49.5. The second-order valence-corrected chi connectivity index (χ2v) is 19.6. The topological polar surface area (TPSA) is 52.1 Å². The first kappa shape index (κ1) is 42.8. The van der Waals surface area contributed by atoms with Crippen molar-refractivity contribution in [3.8, 4) is 78.4 Å². The van der Waals surface area contributed by atoms with E-state index in [1.165, 1.54) is 33.4 Å². The van der Waals surface area contributed by atoms with Crippen molar-refractivity contribution in [3.63, 3.8) is 0 Å². The molecule has 0 saturated heterocycles. The van der Waals surface area contributed by atoms with Crippen LogP contribution in [0.25, 0.3) is 122 Å². The molecule has 0 fully saturated rings. The molecule has 0 N–H and O–H groups in total. The number of benzene rings is 11. The van der Waals surface area contributed by atoms with E-state index in [1.807, 2.05) is 30.3 Å². The molecule has 0 saturated carbocycles. The molecule has 11 aromatic carbocycles. The highest BCUT2D eigenvalue weighted by Crippen LogP contribution is 2.57. The fourth-order valence-electron chi connectivity index (χ4n) is 11.9. The molecule has 350 valence electrons. The first-order valence-corrected chi connectivity index (χ1v) is 25.5. The second kappa shape index (κ2) is 17.1. The number of furan rings is 2. The number of hydrogen-bond acceptors (Lipinski definition) is 4. The predicted octanol–water partition coefficient (Wildman–Crippen LogP) is 18.6. The van der Waals surface area contributed by atoms with Gasteiger partial charge in [-0.15, -0.1) is 0 Å². The maximum Gasteiger partial charge on any atom is 0.160 e. The van der Waals surface area contributed by atoms with E-state index in [1.54, 1.807) is 0 Å². The minimum Gasteiger partial charge on any atom is -0.456 e. The smallest absolute Gasteiger partial charge is 0.160 e. The molecule has 0 aliphatic heterocycles.